The molecule has 0 aromatic rings. The number of carbonyl (C=O) groups excluding carboxylic acids is 2. The van der Waals surface area contributed by atoms with Crippen LogP contribution in [0.3, 0.4) is 0 Å². The lowest BCUT2D eigenvalue weighted by atomic mass is 10.2. The first-order valence-corrected chi connectivity index (χ1v) is 11.1. The summed E-state index contributed by atoms with van der Waals surface area (Å²) >= 11 is 0. The van der Waals surface area contributed by atoms with Gasteiger partial charge in [0.15, 0.2) is 0 Å². The topological polar surface area (TPSA) is 64.6 Å². The quantitative estimate of drug-likeness (QED) is 0.485. The fraction of sp³-hybridized carbons (Fsp3) is 0.765. The molecule has 0 unspecified atom stereocenters. The minimum atomic E-state index is -1.73. The van der Waals surface area contributed by atoms with Crippen LogP contribution in [0.4, 0.5) is 0 Å². The number of esters is 1. The Hall–Kier alpha value is -1.32. The van der Waals surface area contributed by atoms with E-state index in [4.69, 9.17) is 9.47 Å². The summed E-state index contributed by atoms with van der Waals surface area (Å²) < 4.78 is 10.1. The Morgan fingerprint density at radius 3 is 2.52 bits per heavy atom. The first kappa shape index (κ1) is 19.7. The van der Waals surface area contributed by atoms with Crippen molar-refractivity contribution in [2.75, 3.05) is 13.7 Å². The highest BCUT2D eigenvalue weighted by Gasteiger charge is 2.34. The van der Waals surface area contributed by atoms with Gasteiger partial charge in [-0.05, 0) is 17.9 Å². The van der Waals surface area contributed by atoms with Crippen LogP contribution in [0.15, 0.2) is 0 Å². The molecule has 130 valence electrons. The highest BCUT2D eigenvalue weighted by molar-refractivity contribution is 6.87. The fourth-order valence-corrected chi connectivity index (χ4v) is 2.87. The number of rotatable bonds is 4. The molecule has 1 rings (SSSR count). The van der Waals surface area contributed by atoms with Gasteiger partial charge in [-0.2, -0.15) is 0 Å². The molecule has 0 radical (unpaired) electrons. The average molecular weight is 340 g/mol. The number of amides is 1. The third-order valence-corrected chi connectivity index (χ3v) is 9.16. The van der Waals surface area contributed by atoms with E-state index in [1.54, 1.807) is 0 Å². The van der Waals surface area contributed by atoms with Crippen molar-refractivity contribution in [3.05, 3.63) is 0 Å². The summed E-state index contributed by atoms with van der Waals surface area (Å²) in [4.78, 5) is 24.0. The molecule has 1 fully saturated rings. The summed E-state index contributed by atoms with van der Waals surface area (Å²) in [5.74, 6) is 2.37. The van der Waals surface area contributed by atoms with Crippen LogP contribution < -0.4 is 5.32 Å². The van der Waals surface area contributed by atoms with E-state index in [0.717, 1.165) is 6.42 Å². The van der Waals surface area contributed by atoms with Gasteiger partial charge in [0, 0.05) is 13.0 Å². The molecule has 1 N–H and O–H groups in total. The smallest absolute Gasteiger partial charge is 0.329 e. The van der Waals surface area contributed by atoms with E-state index in [0.29, 0.717) is 13.0 Å². The lowest BCUT2D eigenvalue weighted by Gasteiger charge is -2.31. The van der Waals surface area contributed by atoms with Gasteiger partial charge in [-0.1, -0.05) is 33.9 Å². The molecule has 0 aromatic carbocycles. The van der Waals surface area contributed by atoms with Gasteiger partial charge in [0.2, 0.25) is 5.91 Å². The number of carbonyl (C=O) groups is 2. The summed E-state index contributed by atoms with van der Waals surface area (Å²) in [6.45, 7) is 11.6. The van der Waals surface area contributed by atoms with Crippen LogP contribution >= 0.6 is 0 Å². The molecule has 0 spiro atoms. The zero-order valence-corrected chi connectivity index (χ0v) is 16.1. The highest BCUT2D eigenvalue weighted by Crippen LogP contribution is 2.35. The lowest BCUT2D eigenvalue weighted by Crippen LogP contribution is -2.45. The van der Waals surface area contributed by atoms with Crippen LogP contribution in [0.5, 0.6) is 0 Å². The average Bonchev–Trinajstić information content (AvgIpc) is 2.98. The van der Waals surface area contributed by atoms with Gasteiger partial charge < -0.3 is 14.8 Å². The first-order valence-electron chi connectivity index (χ1n) is 8.08. The fourth-order valence-electron chi connectivity index (χ4n) is 1.95. The molecule has 1 saturated heterocycles. The van der Waals surface area contributed by atoms with Crippen molar-refractivity contribution >= 4 is 20.0 Å². The molecule has 2 atom stereocenters. The molecule has 0 saturated carbocycles. The van der Waals surface area contributed by atoms with E-state index < -0.39 is 26.2 Å². The SMILES string of the molecule is COC(=O)[C@H](CC#C[Si](C)(C)C(C)(C)C)NC(=O)[C@@H]1CCCO1. The Morgan fingerprint density at radius 1 is 1.39 bits per heavy atom. The van der Waals surface area contributed by atoms with Crippen molar-refractivity contribution in [1.29, 1.82) is 0 Å². The third-order valence-electron chi connectivity index (χ3n) is 4.61. The van der Waals surface area contributed by atoms with E-state index in [1.165, 1.54) is 7.11 Å². The Balaban J connectivity index is 2.73. The predicted octanol–water partition coefficient (Wildman–Crippen LogP) is 2.26. The Morgan fingerprint density at radius 2 is 2.04 bits per heavy atom. The maximum atomic E-state index is 12.1. The maximum Gasteiger partial charge on any atom is 0.329 e. The van der Waals surface area contributed by atoms with Crippen LogP contribution in [-0.4, -0.2) is 45.8 Å². The van der Waals surface area contributed by atoms with E-state index in [1.807, 2.05) is 0 Å². The Kier molecular flexibility index (Phi) is 6.84. The Bertz CT molecular complexity index is 493. The van der Waals surface area contributed by atoms with Gasteiger partial charge in [-0.25, -0.2) is 4.79 Å². The van der Waals surface area contributed by atoms with Crippen LogP contribution in [0.2, 0.25) is 18.1 Å². The number of ether oxygens (including phenoxy) is 2. The molecule has 23 heavy (non-hydrogen) atoms. The second kappa shape index (κ2) is 7.98. The van der Waals surface area contributed by atoms with E-state index in [9.17, 15) is 9.59 Å². The summed E-state index contributed by atoms with van der Waals surface area (Å²) in [6.07, 6.45) is 1.36. The number of nitrogens with one attached hydrogen (secondary N) is 1. The van der Waals surface area contributed by atoms with Crippen LogP contribution in [0.25, 0.3) is 0 Å². The lowest BCUT2D eigenvalue weighted by molar-refractivity contribution is -0.146. The van der Waals surface area contributed by atoms with Gasteiger partial charge in [0.25, 0.3) is 0 Å². The molecular formula is C17H29NO4Si. The number of hydrogen-bond donors (Lipinski definition) is 1. The summed E-state index contributed by atoms with van der Waals surface area (Å²) in [7, 11) is -0.419. The highest BCUT2D eigenvalue weighted by atomic mass is 28.3. The molecule has 1 amide bonds. The molecule has 1 aliphatic rings. The summed E-state index contributed by atoms with van der Waals surface area (Å²) in [6, 6.07) is -0.742. The zero-order valence-electron chi connectivity index (χ0n) is 15.1. The molecular weight excluding hydrogens is 310 g/mol. The van der Waals surface area contributed by atoms with Gasteiger partial charge in [0.05, 0.1) is 7.11 Å². The molecule has 5 nitrogen and oxygen atoms in total. The predicted molar refractivity (Wildman–Crippen MR) is 92.5 cm³/mol. The van der Waals surface area contributed by atoms with Crippen molar-refractivity contribution in [3.8, 4) is 11.5 Å². The van der Waals surface area contributed by atoms with E-state index in [2.05, 4.69) is 50.6 Å². The minimum absolute atomic E-state index is 0.154. The van der Waals surface area contributed by atoms with Crippen molar-refractivity contribution < 1.29 is 19.1 Å². The Labute approximate surface area is 140 Å². The summed E-state index contributed by atoms with van der Waals surface area (Å²) in [5.41, 5.74) is 3.35. The monoisotopic (exact) mass is 339 g/mol. The molecule has 0 aliphatic carbocycles. The van der Waals surface area contributed by atoms with Gasteiger partial charge in [-0.3, -0.25) is 4.79 Å². The van der Waals surface area contributed by atoms with Crippen LogP contribution in [0.1, 0.15) is 40.0 Å². The summed E-state index contributed by atoms with van der Waals surface area (Å²) in [5, 5.41) is 2.86. The van der Waals surface area contributed by atoms with Crippen molar-refractivity contribution in [2.45, 2.75) is 70.3 Å². The van der Waals surface area contributed by atoms with Gasteiger partial charge in [0.1, 0.15) is 20.2 Å². The standard InChI is InChI=1S/C17H29NO4Si/c1-17(2,3)23(5,6)12-8-9-13(16(20)21-4)18-15(19)14-10-7-11-22-14/h13-14H,7,9-11H2,1-6H3,(H,18,19)/t13-,14-/m0/s1. The molecule has 1 aliphatic heterocycles. The molecule has 0 aromatic heterocycles. The number of hydrogen-bond acceptors (Lipinski definition) is 4. The minimum Gasteiger partial charge on any atom is -0.467 e. The van der Waals surface area contributed by atoms with Gasteiger partial charge >= 0.3 is 5.97 Å². The largest absolute Gasteiger partial charge is 0.467 e. The third kappa shape index (κ3) is 5.67. The molecule has 1 heterocycles. The zero-order chi connectivity index (χ0) is 17.7. The van der Waals surface area contributed by atoms with Crippen LogP contribution in [-0.2, 0) is 19.1 Å². The van der Waals surface area contributed by atoms with Crippen molar-refractivity contribution in [2.24, 2.45) is 0 Å². The van der Waals surface area contributed by atoms with E-state index >= 15 is 0 Å². The second-order valence-corrected chi connectivity index (χ2v) is 12.5. The van der Waals surface area contributed by atoms with Gasteiger partial charge in [-0.15, -0.1) is 11.5 Å². The molecule has 0 bridgehead atoms. The van der Waals surface area contributed by atoms with Crippen molar-refractivity contribution in [3.63, 3.8) is 0 Å². The maximum absolute atomic E-state index is 12.1. The normalized spacial score (nSPS) is 19.5. The molecule has 6 heteroatoms. The number of methoxy groups -OCH3 is 1. The van der Waals surface area contributed by atoms with E-state index in [-0.39, 0.29) is 17.4 Å². The second-order valence-electron chi connectivity index (χ2n) is 7.47. The van der Waals surface area contributed by atoms with Crippen LogP contribution in [0, 0.1) is 11.5 Å². The first-order chi connectivity index (χ1) is 10.6. The van der Waals surface area contributed by atoms with Crippen molar-refractivity contribution in [1.82, 2.24) is 5.32 Å².